The standard InChI is InChI=1S/C13H20N2O4/c1-9-7-10(12(15)11(14)8-9)13(16)19-6-5-18-4-3-17-2/h7-8H,3-6,14-15H2,1-2H3. The second kappa shape index (κ2) is 7.60. The van der Waals surface area contributed by atoms with E-state index in [0.717, 1.165) is 5.56 Å². The molecule has 4 N–H and O–H groups in total. The Bertz CT molecular complexity index is 435. The number of carbonyl (C=O) groups is 1. The van der Waals surface area contributed by atoms with Crippen molar-refractivity contribution in [2.24, 2.45) is 0 Å². The van der Waals surface area contributed by atoms with Crippen LogP contribution < -0.4 is 11.5 Å². The van der Waals surface area contributed by atoms with Gasteiger partial charge in [-0.3, -0.25) is 0 Å². The van der Waals surface area contributed by atoms with Crippen LogP contribution in [0.2, 0.25) is 0 Å². The van der Waals surface area contributed by atoms with E-state index in [0.29, 0.717) is 25.5 Å². The molecule has 6 nitrogen and oxygen atoms in total. The molecule has 0 aliphatic carbocycles. The van der Waals surface area contributed by atoms with Crippen LogP contribution >= 0.6 is 0 Å². The molecule has 0 aliphatic rings. The Morgan fingerprint density at radius 3 is 2.53 bits per heavy atom. The Morgan fingerprint density at radius 2 is 1.84 bits per heavy atom. The monoisotopic (exact) mass is 268 g/mol. The molecular weight excluding hydrogens is 248 g/mol. The van der Waals surface area contributed by atoms with Crippen molar-refractivity contribution >= 4 is 17.3 Å². The lowest BCUT2D eigenvalue weighted by atomic mass is 10.1. The second-order valence-corrected chi connectivity index (χ2v) is 4.06. The molecule has 0 aliphatic heterocycles. The minimum absolute atomic E-state index is 0.163. The van der Waals surface area contributed by atoms with Crippen LogP contribution in [0.4, 0.5) is 11.4 Å². The lowest BCUT2D eigenvalue weighted by Crippen LogP contribution is -2.14. The molecule has 0 amide bonds. The summed E-state index contributed by atoms with van der Waals surface area (Å²) in [5.74, 6) is -0.497. The molecule has 0 bridgehead atoms. The van der Waals surface area contributed by atoms with Crippen LogP contribution in [0.5, 0.6) is 0 Å². The van der Waals surface area contributed by atoms with Crippen molar-refractivity contribution < 1.29 is 19.0 Å². The first-order valence-corrected chi connectivity index (χ1v) is 5.95. The molecule has 0 radical (unpaired) electrons. The maximum absolute atomic E-state index is 11.8. The SMILES string of the molecule is COCCOCCOC(=O)c1cc(C)cc(N)c1N. The Hall–Kier alpha value is -1.79. The number of ether oxygens (including phenoxy) is 3. The highest BCUT2D eigenvalue weighted by Gasteiger charge is 2.13. The van der Waals surface area contributed by atoms with Crippen LogP contribution in [-0.2, 0) is 14.2 Å². The van der Waals surface area contributed by atoms with Crippen molar-refractivity contribution in [2.75, 3.05) is 45.0 Å². The Labute approximate surface area is 112 Å². The first kappa shape index (κ1) is 15.3. The van der Waals surface area contributed by atoms with E-state index in [4.69, 9.17) is 25.7 Å². The third kappa shape index (κ3) is 4.76. The highest BCUT2D eigenvalue weighted by atomic mass is 16.6. The minimum atomic E-state index is -0.497. The summed E-state index contributed by atoms with van der Waals surface area (Å²) in [6, 6.07) is 3.36. The largest absolute Gasteiger partial charge is 0.460 e. The van der Waals surface area contributed by atoms with Crippen LogP contribution in [0.25, 0.3) is 0 Å². The van der Waals surface area contributed by atoms with Crippen molar-refractivity contribution in [3.05, 3.63) is 23.3 Å². The summed E-state index contributed by atoms with van der Waals surface area (Å²) in [6.45, 7) is 3.29. The summed E-state index contributed by atoms with van der Waals surface area (Å²) in [5.41, 5.74) is 13.2. The van der Waals surface area contributed by atoms with Crippen LogP contribution in [0.3, 0.4) is 0 Å². The average Bonchev–Trinajstić information content (AvgIpc) is 2.37. The maximum atomic E-state index is 11.8. The topological polar surface area (TPSA) is 96.8 Å². The third-order valence-corrected chi connectivity index (χ3v) is 2.47. The average molecular weight is 268 g/mol. The van der Waals surface area contributed by atoms with Gasteiger partial charge in [-0.05, 0) is 24.6 Å². The molecule has 106 valence electrons. The molecule has 0 heterocycles. The third-order valence-electron chi connectivity index (χ3n) is 2.47. The van der Waals surface area contributed by atoms with Gasteiger partial charge in [-0.15, -0.1) is 0 Å². The summed E-state index contributed by atoms with van der Waals surface area (Å²) < 4.78 is 15.1. The smallest absolute Gasteiger partial charge is 0.340 e. The van der Waals surface area contributed by atoms with Gasteiger partial charge in [-0.25, -0.2) is 4.79 Å². The van der Waals surface area contributed by atoms with Crippen molar-refractivity contribution in [3.63, 3.8) is 0 Å². The molecule has 1 aromatic rings. The molecule has 0 fully saturated rings. The summed E-state index contributed by atoms with van der Waals surface area (Å²) >= 11 is 0. The second-order valence-electron chi connectivity index (χ2n) is 4.06. The number of rotatable bonds is 7. The molecule has 19 heavy (non-hydrogen) atoms. The molecule has 0 aromatic heterocycles. The van der Waals surface area contributed by atoms with E-state index in [1.165, 1.54) is 0 Å². The van der Waals surface area contributed by atoms with Crippen LogP contribution in [0.1, 0.15) is 15.9 Å². The predicted octanol–water partition coefficient (Wildman–Crippen LogP) is 0.979. The maximum Gasteiger partial charge on any atom is 0.340 e. The summed E-state index contributed by atoms with van der Waals surface area (Å²) in [7, 11) is 1.59. The summed E-state index contributed by atoms with van der Waals surface area (Å²) in [5, 5.41) is 0. The van der Waals surface area contributed by atoms with Crippen molar-refractivity contribution in [2.45, 2.75) is 6.92 Å². The van der Waals surface area contributed by atoms with Gasteiger partial charge in [-0.1, -0.05) is 0 Å². The number of carbonyl (C=O) groups excluding carboxylic acids is 1. The van der Waals surface area contributed by atoms with E-state index in [1.54, 1.807) is 19.2 Å². The van der Waals surface area contributed by atoms with Gasteiger partial charge >= 0.3 is 5.97 Å². The molecule has 1 aromatic carbocycles. The zero-order valence-electron chi connectivity index (χ0n) is 11.3. The van der Waals surface area contributed by atoms with Crippen LogP contribution in [-0.4, -0.2) is 39.5 Å². The van der Waals surface area contributed by atoms with Crippen LogP contribution in [0.15, 0.2) is 12.1 Å². The Kier molecular flexibility index (Phi) is 6.11. The van der Waals surface area contributed by atoms with Gasteiger partial charge in [0.1, 0.15) is 6.61 Å². The molecule has 0 saturated carbocycles. The fraction of sp³-hybridized carbons (Fsp3) is 0.462. The minimum Gasteiger partial charge on any atom is -0.460 e. The van der Waals surface area contributed by atoms with Gasteiger partial charge in [0.25, 0.3) is 0 Å². The zero-order chi connectivity index (χ0) is 14.3. The van der Waals surface area contributed by atoms with Gasteiger partial charge in [0, 0.05) is 7.11 Å². The van der Waals surface area contributed by atoms with Crippen molar-refractivity contribution in [1.29, 1.82) is 0 Å². The number of nitrogens with two attached hydrogens (primary N) is 2. The van der Waals surface area contributed by atoms with E-state index >= 15 is 0 Å². The number of anilines is 2. The Morgan fingerprint density at radius 1 is 1.16 bits per heavy atom. The molecule has 6 heteroatoms. The number of nitrogen functional groups attached to an aromatic ring is 2. The van der Waals surface area contributed by atoms with E-state index in [-0.39, 0.29) is 17.9 Å². The van der Waals surface area contributed by atoms with Gasteiger partial charge in [0.2, 0.25) is 0 Å². The number of aryl methyl sites for hydroxylation is 1. The Balaban J connectivity index is 2.46. The predicted molar refractivity (Wildman–Crippen MR) is 73.0 cm³/mol. The fourth-order valence-corrected chi connectivity index (χ4v) is 1.51. The number of hydrogen-bond acceptors (Lipinski definition) is 6. The first-order valence-electron chi connectivity index (χ1n) is 5.95. The fourth-order valence-electron chi connectivity index (χ4n) is 1.51. The molecule has 0 spiro atoms. The lowest BCUT2D eigenvalue weighted by Gasteiger charge is -2.10. The highest BCUT2D eigenvalue weighted by molar-refractivity contribution is 5.98. The lowest BCUT2D eigenvalue weighted by molar-refractivity contribution is 0.0214. The van der Waals surface area contributed by atoms with E-state index < -0.39 is 5.97 Å². The van der Waals surface area contributed by atoms with E-state index in [2.05, 4.69) is 0 Å². The number of esters is 1. The number of methoxy groups -OCH3 is 1. The number of hydrogen-bond donors (Lipinski definition) is 2. The highest BCUT2D eigenvalue weighted by Crippen LogP contribution is 2.22. The van der Waals surface area contributed by atoms with Gasteiger partial charge < -0.3 is 25.7 Å². The van der Waals surface area contributed by atoms with Gasteiger partial charge in [0.15, 0.2) is 0 Å². The van der Waals surface area contributed by atoms with Gasteiger partial charge in [0.05, 0.1) is 36.8 Å². The molecular formula is C13H20N2O4. The number of benzene rings is 1. The summed E-state index contributed by atoms with van der Waals surface area (Å²) in [6.07, 6.45) is 0. The molecule has 0 saturated heterocycles. The van der Waals surface area contributed by atoms with Crippen LogP contribution in [0, 0.1) is 6.92 Å². The van der Waals surface area contributed by atoms with Crippen molar-refractivity contribution in [1.82, 2.24) is 0 Å². The summed E-state index contributed by atoms with van der Waals surface area (Å²) in [4.78, 5) is 11.8. The normalized spacial score (nSPS) is 10.4. The molecule has 0 atom stereocenters. The van der Waals surface area contributed by atoms with Gasteiger partial charge in [-0.2, -0.15) is 0 Å². The van der Waals surface area contributed by atoms with Crippen molar-refractivity contribution in [3.8, 4) is 0 Å². The first-order chi connectivity index (χ1) is 9.06. The zero-order valence-corrected chi connectivity index (χ0v) is 11.3. The molecule has 1 rings (SSSR count). The molecule has 0 unspecified atom stereocenters. The van der Waals surface area contributed by atoms with E-state index in [1.807, 2.05) is 6.92 Å². The quantitative estimate of drug-likeness (QED) is 0.434. The van der Waals surface area contributed by atoms with E-state index in [9.17, 15) is 4.79 Å².